The number of benzene rings is 2. The Morgan fingerprint density at radius 1 is 0.773 bits per heavy atom. The predicted octanol–water partition coefficient (Wildman–Crippen LogP) is 4.98. The molecule has 0 aromatic heterocycles. The molecule has 0 aliphatic carbocycles. The number of phosphoric ester groups is 1. The number of halogens is 1. The van der Waals surface area contributed by atoms with E-state index in [1.165, 1.54) is 0 Å². The van der Waals surface area contributed by atoms with Gasteiger partial charge in [-0.05, 0) is 11.1 Å². The molecule has 0 aliphatic heterocycles. The van der Waals surface area contributed by atoms with E-state index in [9.17, 15) is 4.57 Å². The highest BCUT2D eigenvalue weighted by Gasteiger charge is 2.26. The van der Waals surface area contributed by atoms with E-state index < -0.39 is 7.82 Å². The van der Waals surface area contributed by atoms with Crippen LogP contribution in [-0.2, 0) is 31.4 Å². The smallest absolute Gasteiger partial charge is 0.286 e. The van der Waals surface area contributed by atoms with Crippen LogP contribution < -0.4 is 0 Å². The van der Waals surface area contributed by atoms with E-state index in [1.807, 2.05) is 60.7 Å². The highest BCUT2D eigenvalue weighted by molar-refractivity contribution is 14.1. The quantitative estimate of drug-likeness (QED) is 0.319. The van der Waals surface area contributed by atoms with Crippen LogP contribution >= 0.6 is 30.4 Å². The van der Waals surface area contributed by atoms with E-state index in [-0.39, 0.29) is 13.2 Å². The first kappa shape index (κ1) is 17.6. The van der Waals surface area contributed by atoms with Crippen molar-refractivity contribution in [2.24, 2.45) is 0 Å². The summed E-state index contributed by atoms with van der Waals surface area (Å²) >= 11 is 2.15. The molecule has 0 N–H and O–H groups in total. The maximum Gasteiger partial charge on any atom is 0.475 e. The second-order valence-corrected chi connectivity index (χ2v) is 7.24. The average Bonchev–Trinajstić information content (AvgIpc) is 2.59. The first-order valence-electron chi connectivity index (χ1n) is 6.89. The van der Waals surface area contributed by atoms with Gasteiger partial charge in [-0.1, -0.05) is 83.3 Å². The summed E-state index contributed by atoms with van der Waals surface area (Å²) < 4.78 is 29.6. The molecule has 0 bridgehead atoms. The minimum absolute atomic E-state index is 0.189. The van der Waals surface area contributed by atoms with Gasteiger partial charge in [-0.2, -0.15) is 0 Å². The van der Waals surface area contributed by atoms with Crippen molar-refractivity contribution < 1.29 is 18.1 Å². The molecule has 0 unspecified atom stereocenters. The Balaban J connectivity index is 1.95. The van der Waals surface area contributed by atoms with Gasteiger partial charge in [0.1, 0.15) is 0 Å². The van der Waals surface area contributed by atoms with Crippen LogP contribution in [0.4, 0.5) is 0 Å². The molecular formula is C16H18IO4P. The van der Waals surface area contributed by atoms with Crippen LogP contribution in [0.3, 0.4) is 0 Å². The Hall–Kier alpha value is -0.720. The lowest BCUT2D eigenvalue weighted by molar-refractivity contribution is 0.108. The van der Waals surface area contributed by atoms with E-state index in [1.54, 1.807) is 0 Å². The summed E-state index contributed by atoms with van der Waals surface area (Å²) in [5.74, 6) is 0. The van der Waals surface area contributed by atoms with Gasteiger partial charge in [-0.25, -0.2) is 4.57 Å². The molecule has 0 aliphatic rings. The fourth-order valence-corrected chi connectivity index (χ4v) is 3.44. The summed E-state index contributed by atoms with van der Waals surface area (Å²) in [5.41, 5.74) is 1.84. The van der Waals surface area contributed by atoms with Crippen LogP contribution in [0.25, 0.3) is 0 Å². The van der Waals surface area contributed by atoms with Crippen molar-refractivity contribution in [1.29, 1.82) is 0 Å². The van der Waals surface area contributed by atoms with Gasteiger partial charge < -0.3 is 0 Å². The van der Waals surface area contributed by atoms with Crippen molar-refractivity contribution in [2.45, 2.75) is 13.2 Å². The average molecular weight is 432 g/mol. The summed E-state index contributed by atoms with van der Waals surface area (Å²) in [5, 5.41) is 0. The van der Waals surface area contributed by atoms with Gasteiger partial charge in [0.05, 0.1) is 19.8 Å². The summed E-state index contributed by atoms with van der Waals surface area (Å²) in [4.78, 5) is 0. The van der Waals surface area contributed by atoms with E-state index >= 15 is 0 Å². The Labute approximate surface area is 144 Å². The molecule has 4 nitrogen and oxygen atoms in total. The van der Waals surface area contributed by atoms with Gasteiger partial charge >= 0.3 is 7.82 Å². The van der Waals surface area contributed by atoms with E-state index in [2.05, 4.69) is 22.6 Å². The number of phosphoric acid groups is 1. The summed E-state index contributed by atoms with van der Waals surface area (Å²) in [6.07, 6.45) is 0. The van der Waals surface area contributed by atoms with Crippen molar-refractivity contribution in [3.05, 3.63) is 71.8 Å². The molecule has 2 aromatic rings. The Morgan fingerprint density at radius 3 is 1.64 bits per heavy atom. The molecule has 6 heteroatoms. The molecular weight excluding hydrogens is 414 g/mol. The Kier molecular flexibility index (Phi) is 7.55. The summed E-state index contributed by atoms with van der Waals surface area (Å²) in [6.45, 7) is 0.698. The van der Waals surface area contributed by atoms with Crippen molar-refractivity contribution in [3.63, 3.8) is 0 Å². The molecule has 0 saturated heterocycles. The second-order valence-electron chi connectivity index (χ2n) is 4.49. The van der Waals surface area contributed by atoms with Gasteiger partial charge in [0.15, 0.2) is 0 Å². The number of hydrogen-bond donors (Lipinski definition) is 0. The zero-order valence-electron chi connectivity index (χ0n) is 12.1. The minimum atomic E-state index is -3.57. The molecule has 0 atom stereocenters. The standard InChI is InChI=1S/C16H18IO4P/c17-11-12-19-22(18,20-13-15-7-3-1-4-8-15)21-14-16-9-5-2-6-10-16/h1-10H,11-14H2. The molecule has 0 fully saturated rings. The van der Waals surface area contributed by atoms with Crippen LogP contribution in [0.5, 0.6) is 0 Å². The zero-order valence-corrected chi connectivity index (χ0v) is 15.1. The molecule has 0 amide bonds. The van der Waals surface area contributed by atoms with Gasteiger partial charge in [-0.15, -0.1) is 0 Å². The lowest BCUT2D eigenvalue weighted by atomic mass is 10.2. The molecule has 22 heavy (non-hydrogen) atoms. The largest absolute Gasteiger partial charge is 0.475 e. The molecule has 2 aromatic carbocycles. The van der Waals surface area contributed by atoms with Crippen molar-refractivity contribution in [2.75, 3.05) is 11.0 Å². The van der Waals surface area contributed by atoms with Crippen LogP contribution in [0, 0.1) is 0 Å². The summed E-state index contributed by atoms with van der Waals surface area (Å²) in [7, 11) is -3.57. The normalized spacial score (nSPS) is 11.5. The zero-order chi connectivity index (χ0) is 15.7. The molecule has 0 spiro atoms. The second kappa shape index (κ2) is 9.43. The third-order valence-corrected chi connectivity index (χ3v) is 4.62. The number of alkyl halides is 1. The van der Waals surface area contributed by atoms with Crippen molar-refractivity contribution >= 4 is 30.4 Å². The Morgan fingerprint density at radius 2 is 1.23 bits per heavy atom. The van der Waals surface area contributed by atoms with E-state index in [0.29, 0.717) is 11.0 Å². The highest BCUT2D eigenvalue weighted by atomic mass is 127. The first-order chi connectivity index (χ1) is 10.7. The Bertz CT molecular complexity index is 544. The van der Waals surface area contributed by atoms with E-state index in [4.69, 9.17) is 13.6 Å². The first-order valence-corrected chi connectivity index (χ1v) is 9.88. The third kappa shape index (κ3) is 6.18. The van der Waals surface area contributed by atoms with Crippen LogP contribution in [0.15, 0.2) is 60.7 Å². The van der Waals surface area contributed by atoms with Crippen LogP contribution in [0.1, 0.15) is 11.1 Å². The van der Waals surface area contributed by atoms with Crippen molar-refractivity contribution in [3.8, 4) is 0 Å². The van der Waals surface area contributed by atoms with E-state index in [0.717, 1.165) is 11.1 Å². The fraction of sp³-hybridized carbons (Fsp3) is 0.250. The number of rotatable bonds is 9. The van der Waals surface area contributed by atoms with Crippen LogP contribution in [0.2, 0.25) is 0 Å². The van der Waals surface area contributed by atoms with Gasteiger partial charge in [0.25, 0.3) is 0 Å². The maximum absolute atomic E-state index is 12.6. The summed E-state index contributed by atoms with van der Waals surface area (Å²) in [6, 6.07) is 19.1. The van der Waals surface area contributed by atoms with Gasteiger partial charge in [0.2, 0.25) is 0 Å². The van der Waals surface area contributed by atoms with Crippen LogP contribution in [-0.4, -0.2) is 11.0 Å². The molecule has 0 saturated carbocycles. The monoisotopic (exact) mass is 432 g/mol. The fourth-order valence-electron chi connectivity index (χ4n) is 1.71. The maximum atomic E-state index is 12.6. The predicted molar refractivity (Wildman–Crippen MR) is 94.9 cm³/mol. The SMILES string of the molecule is O=P(OCCI)(OCc1ccccc1)OCc1ccccc1. The number of hydrogen-bond acceptors (Lipinski definition) is 4. The third-order valence-electron chi connectivity index (χ3n) is 2.79. The highest BCUT2D eigenvalue weighted by Crippen LogP contribution is 2.50. The molecule has 0 heterocycles. The lowest BCUT2D eigenvalue weighted by Gasteiger charge is -2.17. The minimum Gasteiger partial charge on any atom is -0.286 e. The lowest BCUT2D eigenvalue weighted by Crippen LogP contribution is -2.03. The molecule has 2 rings (SSSR count). The van der Waals surface area contributed by atoms with Gasteiger partial charge in [0, 0.05) is 4.43 Å². The molecule has 118 valence electrons. The topological polar surface area (TPSA) is 44.8 Å². The van der Waals surface area contributed by atoms with Gasteiger partial charge in [-0.3, -0.25) is 13.6 Å². The van der Waals surface area contributed by atoms with Crippen molar-refractivity contribution in [1.82, 2.24) is 0 Å². The molecule has 0 radical (unpaired) electrons.